The van der Waals surface area contributed by atoms with Gasteiger partial charge in [0.15, 0.2) is 0 Å². The first-order valence-corrected chi connectivity index (χ1v) is 6.20. The van der Waals surface area contributed by atoms with E-state index < -0.39 is 11.8 Å². The number of hydrogen-bond donors (Lipinski definition) is 0. The second-order valence-electron chi connectivity index (χ2n) is 4.29. The van der Waals surface area contributed by atoms with Crippen LogP contribution in [0.5, 0.6) is 11.5 Å². The highest BCUT2D eigenvalue weighted by Crippen LogP contribution is 2.30. The lowest BCUT2D eigenvalue weighted by Gasteiger charge is -2.09. The number of hydrogen-bond acceptors (Lipinski definition) is 4. The van der Waals surface area contributed by atoms with Gasteiger partial charge in [-0.3, -0.25) is 0 Å². The molecule has 2 rings (SSSR count). The molecule has 0 unspecified atom stereocenters. The molecule has 0 aliphatic rings. The first-order valence-electron chi connectivity index (χ1n) is 6.20. The first kappa shape index (κ1) is 14.8. The average molecular weight is 290 g/mol. The van der Waals surface area contributed by atoms with Crippen LogP contribution >= 0.6 is 0 Å². The molecule has 2 aromatic carbocycles. The van der Waals surface area contributed by atoms with Crippen LogP contribution in [0.15, 0.2) is 36.4 Å². The second kappa shape index (κ2) is 6.26. The van der Waals surface area contributed by atoms with Gasteiger partial charge in [-0.05, 0) is 35.4 Å². The van der Waals surface area contributed by atoms with Crippen molar-refractivity contribution in [1.82, 2.24) is 0 Å². The van der Waals surface area contributed by atoms with Crippen molar-refractivity contribution in [2.24, 2.45) is 0 Å². The summed E-state index contributed by atoms with van der Waals surface area (Å²) in [5.74, 6) is -0.146. The van der Waals surface area contributed by atoms with Crippen LogP contribution in [-0.2, 0) is 4.74 Å². The minimum Gasteiger partial charge on any atom is -0.497 e. The van der Waals surface area contributed by atoms with Crippen molar-refractivity contribution in [3.8, 4) is 22.6 Å². The van der Waals surface area contributed by atoms with Gasteiger partial charge in [0.25, 0.3) is 0 Å². The topological polar surface area (TPSA) is 44.8 Å². The van der Waals surface area contributed by atoms with Gasteiger partial charge in [-0.25, -0.2) is 9.18 Å². The summed E-state index contributed by atoms with van der Waals surface area (Å²) in [6.45, 7) is 0. The summed E-state index contributed by atoms with van der Waals surface area (Å²) >= 11 is 0. The third-order valence-electron chi connectivity index (χ3n) is 3.06. The zero-order valence-electron chi connectivity index (χ0n) is 12.0. The molecule has 0 aliphatic heterocycles. The second-order valence-corrected chi connectivity index (χ2v) is 4.29. The normalized spacial score (nSPS) is 10.1. The molecule has 5 heteroatoms. The molecular weight excluding hydrogens is 275 g/mol. The molecule has 0 fully saturated rings. The van der Waals surface area contributed by atoms with Gasteiger partial charge in [-0.1, -0.05) is 6.07 Å². The summed E-state index contributed by atoms with van der Waals surface area (Å²) in [7, 11) is 4.29. The first-order chi connectivity index (χ1) is 10.1. The summed E-state index contributed by atoms with van der Waals surface area (Å²) < 4.78 is 28.9. The van der Waals surface area contributed by atoms with Gasteiger partial charge in [0, 0.05) is 6.07 Å². The van der Waals surface area contributed by atoms with Gasteiger partial charge in [0.2, 0.25) is 0 Å². The molecule has 0 saturated heterocycles. The smallest absolute Gasteiger partial charge is 0.340 e. The van der Waals surface area contributed by atoms with Crippen molar-refractivity contribution in [3.05, 3.63) is 47.8 Å². The van der Waals surface area contributed by atoms with Crippen molar-refractivity contribution < 1.29 is 23.4 Å². The Bertz CT molecular complexity index is 645. The van der Waals surface area contributed by atoms with Crippen molar-refractivity contribution in [3.63, 3.8) is 0 Å². The van der Waals surface area contributed by atoms with E-state index in [0.717, 1.165) is 5.56 Å². The maximum absolute atomic E-state index is 14.0. The third-order valence-corrected chi connectivity index (χ3v) is 3.06. The summed E-state index contributed by atoms with van der Waals surface area (Å²) in [5.41, 5.74) is 1.23. The molecule has 0 bridgehead atoms. The number of rotatable bonds is 4. The molecule has 0 heterocycles. The van der Waals surface area contributed by atoms with Crippen molar-refractivity contribution in [1.29, 1.82) is 0 Å². The quantitative estimate of drug-likeness (QED) is 0.810. The fraction of sp³-hybridized carbons (Fsp3) is 0.188. The minimum absolute atomic E-state index is 0.101. The molecule has 0 spiro atoms. The molecule has 0 saturated carbocycles. The Morgan fingerprint density at radius 2 is 1.52 bits per heavy atom. The van der Waals surface area contributed by atoms with Crippen LogP contribution in [0.2, 0.25) is 0 Å². The van der Waals surface area contributed by atoms with Crippen molar-refractivity contribution >= 4 is 5.97 Å². The number of esters is 1. The lowest BCUT2D eigenvalue weighted by Crippen LogP contribution is -2.04. The predicted octanol–water partition coefficient (Wildman–Crippen LogP) is 3.30. The highest BCUT2D eigenvalue weighted by Gasteiger charge is 2.13. The Labute approximate surface area is 122 Å². The van der Waals surface area contributed by atoms with E-state index in [1.165, 1.54) is 19.2 Å². The predicted molar refractivity (Wildman–Crippen MR) is 76.3 cm³/mol. The average Bonchev–Trinajstić information content (AvgIpc) is 2.53. The fourth-order valence-corrected chi connectivity index (χ4v) is 1.94. The van der Waals surface area contributed by atoms with Crippen molar-refractivity contribution in [2.45, 2.75) is 0 Å². The number of benzene rings is 2. The third kappa shape index (κ3) is 3.13. The lowest BCUT2D eigenvalue weighted by atomic mass is 10.0. The summed E-state index contributed by atoms with van der Waals surface area (Å²) in [6.07, 6.45) is 0. The van der Waals surface area contributed by atoms with E-state index >= 15 is 0 Å². The summed E-state index contributed by atoms with van der Waals surface area (Å²) in [5, 5.41) is 0. The van der Waals surface area contributed by atoms with Gasteiger partial charge >= 0.3 is 5.97 Å². The summed E-state index contributed by atoms with van der Waals surface area (Å²) in [4.78, 5) is 11.4. The highest BCUT2D eigenvalue weighted by molar-refractivity contribution is 5.90. The molecule has 4 nitrogen and oxygen atoms in total. The van der Waals surface area contributed by atoms with E-state index in [4.69, 9.17) is 9.47 Å². The number of halogens is 1. The molecule has 0 amide bonds. The van der Waals surface area contributed by atoms with Gasteiger partial charge in [-0.15, -0.1) is 0 Å². The molecule has 0 aromatic heterocycles. The summed E-state index contributed by atoms with van der Waals surface area (Å²) in [6, 6.07) is 9.55. The maximum atomic E-state index is 14.0. The zero-order chi connectivity index (χ0) is 15.4. The molecule has 21 heavy (non-hydrogen) atoms. The Kier molecular flexibility index (Phi) is 4.42. The molecular formula is C16H15FO4. The Balaban J connectivity index is 2.47. The minimum atomic E-state index is -0.706. The lowest BCUT2D eigenvalue weighted by molar-refractivity contribution is 0.0595. The standard InChI is InChI=1S/C16H15FO4/c1-19-12-6-11(7-13(9-12)20-2)10-4-5-14(15(17)8-10)16(18)21-3/h4-9H,1-3H3. The Morgan fingerprint density at radius 1 is 0.905 bits per heavy atom. The number of carbonyl (C=O) groups excluding carboxylic acids is 1. The van der Waals surface area contributed by atoms with E-state index in [1.54, 1.807) is 38.5 Å². The molecule has 0 atom stereocenters. The SMILES string of the molecule is COC(=O)c1ccc(-c2cc(OC)cc(OC)c2)cc1F. The maximum Gasteiger partial charge on any atom is 0.340 e. The van der Waals surface area contributed by atoms with Crippen LogP contribution in [0.3, 0.4) is 0 Å². The molecule has 110 valence electrons. The van der Waals surface area contributed by atoms with E-state index in [0.29, 0.717) is 17.1 Å². The molecule has 0 radical (unpaired) electrons. The van der Waals surface area contributed by atoms with Crippen molar-refractivity contribution in [2.75, 3.05) is 21.3 Å². The van der Waals surface area contributed by atoms with Crippen LogP contribution in [0.4, 0.5) is 4.39 Å². The zero-order valence-corrected chi connectivity index (χ0v) is 12.0. The Morgan fingerprint density at radius 3 is 2.00 bits per heavy atom. The monoisotopic (exact) mass is 290 g/mol. The van der Waals surface area contributed by atoms with Crippen LogP contribution in [0.1, 0.15) is 10.4 Å². The van der Waals surface area contributed by atoms with E-state index in [-0.39, 0.29) is 5.56 Å². The largest absolute Gasteiger partial charge is 0.497 e. The van der Waals surface area contributed by atoms with Crippen LogP contribution in [-0.4, -0.2) is 27.3 Å². The van der Waals surface area contributed by atoms with E-state index in [1.807, 2.05) is 0 Å². The number of carbonyl (C=O) groups is 1. The fourth-order valence-electron chi connectivity index (χ4n) is 1.94. The van der Waals surface area contributed by atoms with Gasteiger partial charge < -0.3 is 14.2 Å². The molecule has 0 aliphatic carbocycles. The van der Waals surface area contributed by atoms with Crippen LogP contribution in [0.25, 0.3) is 11.1 Å². The van der Waals surface area contributed by atoms with Gasteiger partial charge in [0.1, 0.15) is 17.3 Å². The van der Waals surface area contributed by atoms with Crippen LogP contribution < -0.4 is 9.47 Å². The van der Waals surface area contributed by atoms with E-state index in [2.05, 4.69) is 4.74 Å². The van der Waals surface area contributed by atoms with E-state index in [9.17, 15) is 9.18 Å². The van der Waals surface area contributed by atoms with Crippen LogP contribution in [0, 0.1) is 5.82 Å². The molecule has 0 N–H and O–H groups in total. The number of ether oxygens (including phenoxy) is 3. The molecule has 2 aromatic rings. The van der Waals surface area contributed by atoms with Gasteiger partial charge in [0.05, 0.1) is 26.9 Å². The number of methoxy groups -OCH3 is 3. The Hall–Kier alpha value is -2.56. The van der Waals surface area contributed by atoms with Gasteiger partial charge in [-0.2, -0.15) is 0 Å². The highest BCUT2D eigenvalue weighted by atomic mass is 19.1.